The maximum absolute atomic E-state index is 12.5. The second-order valence-corrected chi connectivity index (χ2v) is 7.01. The number of nitrogens with one attached hydrogen (secondary N) is 2. The van der Waals surface area contributed by atoms with Crippen LogP contribution in [0.25, 0.3) is 0 Å². The number of carbonyl (C=O) groups excluding carboxylic acids is 1. The van der Waals surface area contributed by atoms with Crippen LogP contribution in [0.5, 0.6) is 5.75 Å². The first-order valence-corrected chi connectivity index (χ1v) is 9.66. The second kappa shape index (κ2) is 9.68. The van der Waals surface area contributed by atoms with Crippen LogP contribution in [0.15, 0.2) is 60.9 Å². The Morgan fingerprint density at radius 2 is 1.83 bits per heavy atom. The Balaban J connectivity index is 1.60. The van der Waals surface area contributed by atoms with Crippen LogP contribution in [0.4, 0.5) is 11.5 Å². The van der Waals surface area contributed by atoms with Crippen LogP contribution in [0, 0.1) is 0 Å². The van der Waals surface area contributed by atoms with Crippen LogP contribution < -0.4 is 15.4 Å². The van der Waals surface area contributed by atoms with E-state index in [0.29, 0.717) is 24.0 Å². The molecule has 29 heavy (non-hydrogen) atoms. The van der Waals surface area contributed by atoms with E-state index in [1.807, 2.05) is 42.5 Å². The van der Waals surface area contributed by atoms with Gasteiger partial charge in [0.25, 0.3) is 5.91 Å². The summed E-state index contributed by atoms with van der Waals surface area (Å²) >= 11 is 0. The summed E-state index contributed by atoms with van der Waals surface area (Å²) in [5.74, 6) is 1.56. The Hall–Kier alpha value is -3.41. The number of anilines is 2. The van der Waals surface area contributed by atoms with Crippen LogP contribution in [0.2, 0.25) is 0 Å². The highest BCUT2D eigenvalue weighted by atomic mass is 16.5. The zero-order valence-corrected chi connectivity index (χ0v) is 17.0. The van der Waals surface area contributed by atoms with Gasteiger partial charge in [0.05, 0.1) is 7.11 Å². The number of ether oxygens (including phenoxy) is 1. The van der Waals surface area contributed by atoms with Crippen LogP contribution in [0.1, 0.15) is 41.4 Å². The molecule has 0 aliphatic rings. The average Bonchev–Trinajstić information content (AvgIpc) is 2.74. The third kappa shape index (κ3) is 5.54. The number of hydrogen-bond acceptors (Lipinski definition) is 5. The number of hydrogen-bond donors (Lipinski definition) is 2. The normalized spacial score (nSPS) is 10.6. The van der Waals surface area contributed by atoms with Gasteiger partial charge >= 0.3 is 0 Å². The van der Waals surface area contributed by atoms with E-state index in [0.717, 1.165) is 23.4 Å². The maximum atomic E-state index is 12.5. The molecule has 0 aliphatic carbocycles. The molecular weight excluding hydrogens is 364 g/mol. The van der Waals surface area contributed by atoms with Crippen LogP contribution in [0.3, 0.4) is 0 Å². The minimum Gasteiger partial charge on any atom is -0.497 e. The van der Waals surface area contributed by atoms with Gasteiger partial charge in [0.1, 0.15) is 23.6 Å². The molecule has 0 radical (unpaired) electrons. The average molecular weight is 390 g/mol. The Kier molecular flexibility index (Phi) is 6.79. The lowest BCUT2D eigenvalue weighted by atomic mass is 10.0. The van der Waals surface area contributed by atoms with Gasteiger partial charge < -0.3 is 15.4 Å². The Morgan fingerprint density at radius 3 is 2.55 bits per heavy atom. The Labute approximate surface area is 171 Å². The molecule has 3 aromatic rings. The third-order valence-electron chi connectivity index (χ3n) is 4.60. The van der Waals surface area contributed by atoms with Crippen molar-refractivity contribution in [2.75, 3.05) is 19.0 Å². The first-order chi connectivity index (χ1) is 14.1. The van der Waals surface area contributed by atoms with E-state index in [9.17, 15) is 4.79 Å². The molecule has 0 fully saturated rings. The molecule has 3 rings (SSSR count). The minimum atomic E-state index is -0.221. The van der Waals surface area contributed by atoms with Crippen molar-refractivity contribution >= 4 is 17.4 Å². The number of para-hydroxylation sites is 1. The molecular formula is C23H26N4O2. The van der Waals surface area contributed by atoms with E-state index in [1.165, 1.54) is 11.9 Å². The molecule has 150 valence electrons. The number of rotatable bonds is 8. The van der Waals surface area contributed by atoms with E-state index < -0.39 is 0 Å². The van der Waals surface area contributed by atoms with Gasteiger partial charge in [-0.2, -0.15) is 0 Å². The standard InChI is InChI=1S/C23H26N4O2/c1-16(2)19-6-4-5-7-20(19)27-22-14-21(25-15-26-22)23(28)24-13-12-17-8-10-18(29-3)11-9-17/h4-11,14-16H,12-13H2,1-3H3,(H,24,28)(H,25,26,27). The van der Waals surface area contributed by atoms with Crippen LogP contribution in [-0.4, -0.2) is 29.5 Å². The topological polar surface area (TPSA) is 76.1 Å². The number of amides is 1. The zero-order valence-electron chi connectivity index (χ0n) is 17.0. The van der Waals surface area contributed by atoms with E-state index in [2.05, 4.69) is 40.5 Å². The van der Waals surface area contributed by atoms with E-state index in [1.54, 1.807) is 13.2 Å². The number of carbonyl (C=O) groups is 1. The second-order valence-electron chi connectivity index (χ2n) is 7.01. The van der Waals surface area contributed by atoms with Crippen molar-refractivity contribution < 1.29 is 9.53 Å². The number of nitrogens with zero attached hydrogens (tertiary/aromatic N) is 2. The molecule has 0 spiro atoms. The summed E-state index contributed by atoms with van der Waals surface area (Å²) in [6.07, 6.45) is 2.13. The van der Waals surface area contributed by atoms with Gasteiger partial charge in [-0.3, -0.25) is 4.79 Å². The summed E-state index contributed by atoms with van der Waals surface area (Å²) in [5.41, 5.74) is 3.63. The summed E-state index contributed by atoms with van der Waals surface area (Å²) in [4.78, 5) is 20.8. The molecule has 0 saturated heterocycles. The van der Waals surface area contributed by atoms with Crippen molar-refractivity contribution in [2.24, 2.45) is 0 Å². The summed E-state index contributed by atoms with van der Waals surface area (Å²) in [5, 5.41) is 6.21. The number of benzene rings is 2. The molecule has 0 atom stereocenters. The fourth-order valence-corrected chi connectivity index (χ4v) is 3.01. The van der Waals surface area contributed by atoms with Crippen LogP contribution in [-0.2, 0) is 6.42 Å². The Morgan fingerprint density at radius 1 is 1.07 bits per heavy atom. The summed E-state index contributed by atoms with van der Waals surface area (Å²) in [7, 11) is 1.64. The van der Waals surface area contributed by atoms with Crippen molar-refractivity contribution in [1.82, 2.24) is 15.3 Å². The highest BCUT2D eigenvalue weighted by Gasteiger charge is 2.11. The van der Waals surface area contributed by atoms with Crippen molar-refractivity contribution in [3.63, 3.8) is 0 Å². The van der Waals surface area contributed by atoms with Gasteiger partial charge in [0, 0.05) is 18.3 Å². The van der Waals surface area contributed by atoms with E-state index in [-0.39, 0.29) is 5.91 Å². The molecule has 1 amide bonds. The predicted octanol–water partition coefficient (Wildman–Crippen LogP) is 4.32. The lowest BCUT2D eigenvalue weighted by Crippen LogP contribution is -2.26. The number of methoxy groups -OCH3 is 1. The zero-order chi connectivity index (χ0) is 20.6. The molecule has 0 bridgehead atoms. The SMILES string of the molecule is COc1ccc(CCNC(=O)c2cc(Nc3ccccc3C(C)C)ncn2)cc1. The smallest absolute Gasteiger partial charge is 0.270 e. The summed E-state index contributed by atoms with van der Waals surface area (Å²) in [6.45, 7) is 4.80. The monoisotopic (exact) mass is 390 g/mol. The van der Waals surface area contributed by atoms with Gasteiger partial charge in [0.15, 0.2) is 0 Å². The van der Waals surface area contributed by atoms with Gasteiger partial charge in [-0.1, -0.05) is 44.2 Å². The first-order valence-electron chi connectivity index (χ1n) is 9.66. The summed E-state index contributed by atoms with van der Waals surface area (Å²) < 4.78 is 5.15. The summed E-state index contributed by atoms with van der Waals surface area (Å²) in [6, 6.07) is 17.5. The largest absolute Gasteiger partial charge is 0.497 e. The lowest BCUT2D eigenvalue weighted by Gasteiger charge is -2.14. The van der Waals surface area contributed by atoms with E-state index >= 15 is 0 Å². The first kappa shape index (κ1) is 20.3. The van der Waals surface area contributed by atoms with Gasteiger partial charge in [-0.15, -0.1) is 0 Å². The van der Waals surface area contributed by atoms with E-state index in [4.69, 9.17) is 4.74 Å². The van der Waals surface area contributed by atoms with Crippen molar-refractivity contribution in [3.05, 3.63) is 77.7 Å². The highest BCUT2D eigenvalue weighted by molar-refractivity contribution is 5.93. The molecule has 0 aliphatic heterocycles. The molecule has 6 nitrogen and oxygen atoms in total. The number of aromatic nitrogens is 2. The van der Waals surface area contributed by atoms with Gasteiger partial charge in [0.2, 0.25) is 0 Å². The maximum Gasteiger partial charge on any atom is 0.270 e. The molecule has 2 aromatic carbocycles. The van der Waals surface area contributed by atoms with Crippen molar-refractivity contribution in [1.29, 1.82) is 0 Å². The molecule has 1 heterocycles. The molecule has 2 N–H and O–H groups in total. The Bertz CT molecular complexity index is 955. The molecule has 6 heteroatoms. The quantitative estimate of drug-likeness (QED) is 0.599. The van der Waals surface area contributed by atoms with Gasteiger partial charge in [-0.25, -0.2) is 9.97 Å². The fraction of sp³-hybridized carbons (Fsp3) is 0.261. The molecule has 0 saturated carbocycles. The fourth-order valence-electron chi connectivity index (χ4n) is 3.01. The molecule has 0 unspecified atom stereocenters. The molecule has 1 aromatic heterocycles. The van der Waals surface area contributed by atoms with Crippen molar-refractivity contribution in [2.45, 2.75) is 26.2 Å². The van der Waals surface area contributed by atoms with Crippen LogP contribution >= 0.6 is 0 Å². The van der Waals surface area contributed by atoms with Gasteiger partial charge in [-0.05, 0) is 41.7 Å². The predicted molar refractivity (Wildman–Crippen MR) is 115 cm³/mol. The highest BCUT2D eigenvalue weighted by Crippen LogP contribution is 2.26. The lowest BCUT2D eigenvalue weighted by molar-refractivity contribution is 0.0949. The third-order valence-corrected chi connectivity index (χ3v) is 4.60. The van der Waals surface area contributed by atoms with Crippen molar-refractivity contribution in [3.8, 4) is 5.75 Å². The minimum absolute atomic E-state index is 0.221.